The first-order chi connectivity index (χ1) is 10.3. The highest BCUT2D eigenvalue weighted by molar-refractivity contribution is 4.93. The molecule has 7 unspecified atom stereocenters. The molecule has 2 rings (SSSR count). The molecule has 0 aromatic rings. The molecule has 0 saturated carbocycles. The SMILES string of the molecule is OCC1CC(O)C(CO)(OC2(O)OC(CO)C(O)CC2O)O1. The monoisotopic (exact) mass is 326 g/mol. The number of aliphatic hydroxyl groups is 7. The van der Waals surface area contributed by atoms with Crippen LogP contribution in [0.4, 0.5) is 0 Å². The summed E-state index contributed by atoms with van der Waals surface area (Å²) >= 11 is 0. The summed E-state index contributed by atoms with van der Waals surface area (Å²) in [5.41, 5.74) is 0. The molecule has 2 heterocycles. The van der Waals surface area contributed by atoms with E-state index in [1.54, 1.807) is 0 Å². The lowest BCUT2D eigenvalue weighted by Crippen LogP contribution is -2.64. The van der Waals surface area contributed by atoms with Gasteiger partial charge in [0.1, 0.15) is 24.9 Å². The van der Waals surface area contributed by atoms with Crippen LogP contribution in [0.3, 0.4) is 0 Å². The summed E-state index contributed by atoms with van der Waals surface area (Å²) in [6, 6.07) is 0. The second kappa shape index (κ2) is 6.61. The zero-order chi connectivity index (χ0) is 16.5. The van der Waals surface area contributed by atoms with Gasteiger partial charge >= 0.3 is 5.97 Å². The minimum atomic E-state index is -2.71. The van der Waals surface area contributed by atoms with E-state index in [2.05, 4.69) is 0 Å². The van der Waals surface area contributed by atoms with E-state index < -0.39 is 62.1 Å². The highest BCUT2D eigenvalue weighted by Gasteiger charge is 2.58. The summed E-state index contributed by atoms with van der Waals surface area (Å²) in [6.07, 6.45) is -6.81. The standard InChI is InChI=1S/C12H22O10/c13-3-6-1-9(17)11(5-15,20-6)22-12(19)10(18)2-7(16)8(4-14)21-12/h6-10,13-19H,1-5H2. The van der Waals surface area contributed by atoms with Crippen LogP contribution in [0.15, 0.2) is 0 Å². The second-order valence-electron chi connectivity index (χ2n) is 5.53. The van der Waals surface area contributed by atoms with Gasteiger partial charge in [-0.3, -0.25) is 4.74 Å². The van der Waals surface area contributed by atoms with Gasteiger partial charge in [-0.1, -0.05) is 0 Å². The molecule has 0 radical (unpaired) electrons. The largest absolute Gasteiger partial charge is 0.394 e. The number of hydrogen-bond donors (Lipinski definition) is 7. The van der Waals surface area contributed by atoms with E-state index in [9.17, 15) is 25.5 Å². The first-order valence-electron chi connectivity index (χ1n) is 6.95. The topological polar surface area (TPSA) is 169 Å². The molecule has 0 amide bonds. The third-order valence-corrected chi connectivity index (χ3v) is 3.92. The molecule has 2 aliphatic heterocycles. The molecule has 2 fully saturated rings. The van der Waals surface area contributed by atoms with Crippen molar-refractivity contribution >= 4 is 0 Å². The summed E-state index contributed by atoms with van der Waals surface area (Å²) in [7, 11) is 0. The lowest BCUT2D eigenvalue weighted by molar-refractivity contribution is -0.491. The molecule has 10 nitrogen and oxygen atoms in total. The molecule has 0 aliphatic carbocycles. The molecule has 130 valence electrons. The molecule has 0 aromatic carbocycles. The zero-order valence-electron chi connectivity index (χ0n) is 11.8. The third kappa shape index (κ3) is 3.12. The molecule has 7 atom stereocenters. The van der Waals surface area contributed by atoms with Crippen LogP contribution in [0, 0.1) is 0 Å². The van der Waals surface area contributed by atoms with Gasteiger partial charge in [0.15, 0.2) is 0 Å². The van der Waals surface area contributed by atoms with Crippen LogP contribution in [0.1, 0.15) is 12.8 Å². The van der Waals surface area contributed by atoms with Crippen molar-refractivity contribution in [1.82, 2.24) is 0 Å². The van der Waals surface area contributed by atoms with E-state index in [4.69, 9.17) is 24.4 Å². The van der Waals surface area contributed by atoms with Gasteiger partial charge in [-0.25, -0.2) is 0 Å². The highest BCUT2D eigenvalue weighted by atomic mass is 16.9. The Morgan fingerprint density at radius 2 is 1.64 bits per heavy atom. The van der Waals surface area contributed by atoms with Gasteiger partial charge in [0.2, 0.25) is 5.79 Å². The summed E-state index contributed by atoms with van der Waals surface area (Å²) < 4.78 is 15.3. The van der Waals surface area contributed by atoms with Gasteiger partial charge in [0, 0.05) is 12.8 Å². The van der Waals surface area contributed by atoms with Crippen LogP contribution in [-0.4, -0.2) is 97.8 Å². The van der Waals surface area contributed by atoms with Crippen LogP contribution in [0.25, 0.3) is 0 Å². The van der Waals surface area contributed by atoms with Crippen LogP contribution >= 0.6 is 0 Å². The molecular formula is C12H22O10. The van der Waals surface area contributed by atoms with Crippen LogP contribution in [0.5, 0.6) is 0 Å². The van der Waals surface area contributed by atoms with E-state index in [1.807, 2.05) is 0 Å². The molecule has 0 aromatic heterocycles. The van der Waals surface area contributed by atoms with E-state index in [1.165, 1.54) is 0 Å². The van der Waals surface area contributed by atoms with E-state index in [0.717, 1.165) is 0 Å². The first kappa shape index (κ1) is 17.9. The Labute approximate surface area is 126 Å². The van der Waals surface area contributed by atoms with Crippen molar-refractivity contribution in [3.05, 3.63) is 0 Å². The van der Waals surface area contributed by atoms with Gasteiger partial charge in [0.25, 0.3) is 0 Å². The van der Waals surface area contributed by atoms with Gasteiger partial charge in [-0.2, -0.15) is 0 Å². The Morgan fingerprint density at radius 3 is 2.14 bits per heavy atom. The predicted octanol–water partition coefficient (Wildman–Crippen LogP) is -4.02. The Kier molecular flexibility index (Phi) is 5.39. The van der Waals surface area contributed by atoms with E-state index in [0.29, 0.717) is 0 Å². The van der Waals surface area contributed by atoms with Crippen molar-refractivity contribution in [2.75, 3.05) is 19.8 Å². The lowest BCUT2D eigenvalue weighted by atomic mass is 10.0. The minimum absolute atomic E-state index is 0.0602. The van der Waals surface area contributed by atoms with Gasteiger partial charge in [0.05, 0.1) is 25.4 Å². The average Bonchev–Trinajstić information content (AvgIpc) is 2.80. The van der Waals surface area contributed by atoms with Crippen LogP contribution in [-0.2, 0) is 14.2 Å². The Balaban J connectivity index is 2.18. The van der Waals surface area contributed by atoms with Crippen LogP contribution in [0.2, 0.25) is 0 Å². The minimum Gasteiger partial charge on any atom is -0.394 e. The molecule has 10 heteroatoms. The first-order valence-corrected chi connectivity index (χ1v) is 6.95. The fourth-order valence-electron chi connectivity index (χ4n) is 2.62. The van der Waals surface area contributed by atoms with Crippen molar-refractivity contribution in [2.24, 2.45) is 0 Å². The second-order valence-corrected chi connectivity index (χ2v) is 5.53. The molecule has 22 heavy (non-hydrogen) atoms. The fraction of sp³-hybridized carbons (Fsp3) is 1.00. The van der Waals surface area contributed by atoms with Gasteiger partial charge in [-0.15, -0.1) is 0 Å². The van der Waals surface area contributed by atoms with Crippen molar-refractivity contribution in [3.8, 4) is 0 Å². The number of aliphatic hydroxyl groups excluding tert-OH is 6. The highest BCUT2D eigenvalue weighted by Crippen LogP contribution is 2.39. The summed E-state index contributed by atoms with van der Waals surface area (Å²) in [4.78, 5) is 0. The van der Waals surface area contributed by atoms with Crippen molar-refractivity contribution in [2.45, 2.75) is 55.1 Å². The number of hydrogen-bond acceptors (Lipinski definition) is 10. The van der Waals surface area contributed by atoms with E-state index >= 15 is 0 Å². The Bertz CT molecular complexity index is 381. The summed E-state index contributed by atoms with van der Waals surface area (Å²) in [5, 5.41) is 67.4. The van der Waals surface area contributed by atoms with Crippen LogP contribution < -0.4 is 0 Å². The number of rotatable bonds is 5. The van der Waals surface area contributed by atoms with Gasteiger partial charge < -0.3 is 45.2 Å². The van der Waals surface area contributed by atoms with Crippen molar-refractivity contribution < 1.29 is 50.0 Å². The van der Waals surface area contributed by atoms with E-state index in [-0.39, 0.29) is 12.8 Å². The summed E-state index contributed by atoms with van der Waals surface area (Å²) in [5.74, 6) is -4.81. The third-order valence-electron chi connectivity index (χ3n) is 3.92. The molecular weight excluding hydrogens is 304 g/mol. The average molecular weight is 326 g/mol. The fourth-order valence-corrected chi connectivity index (χ4v) is 2.62. The van der Waals surface area contributed by atoms with Crippen molar-refractivity contribution in [3.63, 3.8) is 0 Å². The number of ether oxygens (including phenoxy) is 3. The quantitative estimate of drug-likeness (QED) is 0.247. The van der Waals surface area contributed by atoms with Crippen molar-refractivity contribution in [1.29, 1.82) is 0 Å². The predicted molar refractivity (Wildman–Crippen MR) is 67.0 cm³/mol. The van der Waals surface area contributed by atoms with Gasteiger partial charge in [-0.05, 0) is 0 Å². The maximum absolute atomic E-state index is 10.3. The molecule has 0 spiro atoms. The zero-order valence-corrected chi connectivity index (χ0v) is 11.8. The molecule has 0 bridgehead atoms. The lowest BCUT2D eigenvalue weighted by Gasteiger charge is -2.45. The molecule has 7 N–H and O–H groups in total. The Hall–Kier alpha value is -0.400. The summed E-state index contributed by atoms with van der Waals surface area (Å²) in [6.45, 7) is -1.97. The maximum Gasteiger partial charge on any atom is 0.311 e. The maximum atomic E-state index is 10.3. The molecule has 2 saturated heterocycles. The Morgan fingerprint density at radius 1 is 0.955 bits per heavy atom. The smallest absolute Gasteiger partial charge is 0.311 e. The molecule has 2 aliphatic rings. The normalized spacial score (nSPS) is 49.5.